The van der Waals surface area contributed by atoms with Crippen molar-refractivity contribution in [3.05, 3.63) is 29.8 Å². The monoisotopic (exact) mass is 384 g/mol. The maximum Gasteiger partial charge on any atom is 0.573 e. The largest absolute Gasteiger partial charge is 0.573 e. The van der Waals surface area contributed by atoms with Crippen molar-refractivity contribution in [1.29, 1.82) is 0 Å². The Morgan fingerprint density at radius 3 is 2.48 bits per heavy atom. The van der Waals surface area contributed by atoms with Crippen molar-refractivity contribution in [2.45, 2.75) is 33.6 Å². The van der Waals surface area contributed by atoms with Crippen LogP contribution in [0.15, 0.2) is 24.3 Å². The van der Waals surface area contributed by atoms with Gasteiger partial charge in [0, 0.05) is 25.2 Å². The Morgan fingerprint density at radius 2 is 1.89 bits per heavy atom. The molecule has 2 aliphatic rings. The van der Waals surface area contributed by atoms with Crippen LogP contribution in [0.2, 0.25) is 0 Å². The van der Waals surface area contributed by atoms with Crippen LogP contribution in [0.5, 0.6) is 5.75 Å². The van der Waals surface area contributed by atoms with Gasteiger partial charge in [-0.3, -0.25) is 4.79 Å². The van der Waals surface area contributed by atoms with Crippen molar-refractivity contribution in [2.75, 3.05) is 26.2 Å². The van der Waals surface area contributed by atoms with Crippen molar-refractivity contribution in [3.63, 3.8) is 0 Å². The summed E-state index contributed by atoms with van der Waals surface area (Å²) >= 11 is 0. The molecule has 2 atom stereocenters. The number of likely N-dealkylation sites (tertiary alicyclic amines) is 1. The van der Waals surface area contributed by atoms with Crippen molar-refractivity contribution in [1.82, 2.24) is 10.2 Å². The Balaban J connectivity index is 1.42. The van der Waals surface area contributed by atoms with Gasteiger partial charge in [-0.05, 0) is 54.3 Å². The highest BCUT2D eigenvalue weighted by Crippen LogP contribution is 2.51. The zero-order valence-electron chi connectivity index (χ0n) is 16.0. The van der Waals surface area contributed by atoms with Crippen LogP contribution < -0.4 is 10.1 Å². The third-order valence-electron chi connectivity index (χ3n) is 5.45. The van der Waals surface area contributed by atoms with Crippen molar-refractivity contribution >= 4 is 5.91 Å². The van der Waals surface area contributed by atoms with E-state index in [1.54, 1.807) is 0 Å². The Morgan fingerprint density at radius 1 is 1.22 bits per heavy atom. The van der Waals surface area contributed by atoms with Gasteiger partial charge in [0.05, 0.1) is 0 Å². The summed E-state index contributed by atoms with van der Waals surface area (Å²) in [6.07, 6.45) is -3.59. The highest BCUT2D eigenvalue weighted by atomic mass is 19.4. The molecule has 150 valence electrons. The van der Waals surface area contributed by atoms with Gasteiger partial charge in [0.1, 0.15) is 5.75 Å². The number of carbonyl (C=O) groups is 1. The van der Waals surface area contributed by atoms with E-state index in [4.69, 9.17) is 0 Å². The molecule has 2 unspecified atom stereocenters. The molecule has 1 heterocycles. The predicted molar refractivity (Wildman–Crippen MR) is 96.4 cm³/mol. The molecule has 0 spiro atoms. The quantitative estimate of drug-likeness (QED) is 0.808. The van der Waals surface area contributed by atoms with Gasteiger partial charge in [-0.25, -0.2) is 0 Å². The lowest BCUT2D eigenvalue weighted by Crippen LogP contribution is -2.32. The first-order chi connectivity index (χ1) is 12.5. The van der Waals surface area contributed by atoms with Gasteiger partial charge >= 0.3 is 6.36 Å². The fourth-order valence-electron chi connectivity index (χ4n) is 3.86. The second kappa shape index (κ2) is 7.34. The number of nitrogens with zero attached hydrogens (tertiary/aromatic N) is 1. The average Bonchev–Trinajstić information content (AvgIpc) is 2.99. The van der Waals surface area contributed by atoms with E-state index in [0.29, 0.717) is 29.7 Å². The van der Waals surface area contributed by atoms with E-state index in [1.165, 1.54) is 24.6 Å². The summed E-state index contributed by atoms with van der Waals surface area (Å²) in [5.41, 5.74) is 0.513. The molecular formula is C20H27F3N2O2. The highest BCUT2D eigenvalue weighted by molar-refractivity contribution is 5.94. The number of amides is 1. The molecule has 0 bridgehead atoms. The zero-order chi connectivity index (χ0) is 19.8. The van der Waals surface area contributed by atoms with Crippen molar-refractivity contribution in [3.8, 4) is 5.75 Å². The lowest BCUT2D eigenvalue weighted by molar-refractivity contribution is -0.274. The Kier molecular flexibility index (Phi) is 5.43. The van der Waals surface area contributed by atoms with Gasteiger partial charge in [0.2, 0.25) is 0 Å². The van der Waals surface area contributed by atoms with Gasteiger partial charge in [0.15, 0.2) is 0 Å². The Hall–Kier alpha value is -1.76. The lowest BCUT2D eigenvalue weighted by atomic mass is 9.92. The van der Waals surface area contributed by atoms with Gasteiger partial charge in [-0.1, -0.05) is 26.8 Å². The summed E-state index contributed by atoms with van der Waals surface area (Å²) in [7, 11) is 0. The first-order valence-electron chi connectivity index (χ1n) is 9.38. The van der Waals surface area contributed by atoms with Gasteiger partial charge in [-0.2, -0.15) is 0 Å². The molecule has 4 nitrogen and oxygen atoms in total. The van der Waals surface area contributed by atoms with Crippen LogP contribution in [0, 0.1) is 23.2 Å². The van der Waals surface area contributed by atoms with Gasteiger partial charge in [0.25, 0.3) is 5.91 Å². The molecule has 0 radical (unpaired) electrons. The molecular weight excluding hydrogens is 357 g/mol. The molecule has 1 amide bonds. The molecule has 1 aliphatic heterocycles. The van der Waals surface area contributed by atoms with Crippen LogP contribution >= 0.6 is 0 Å². The molecule has 1 N–H and O–H groups in total. The summed E-state index contributed by atoms with van der Waals surface area (Å²) in [5, 5.41) is 2.86. The number of piperidine rings is 1. The Labute approximate surface area is 158 Å². The number of hydrogen-bond donors (Lipinski definition) is 1. The van der Waals surface area contributed by atoms with E-state index in [0.717, 1.165) is 25.7 Å². The minimum Gasteiger partial charge on any atom is -0.406 e. The lowest BCUT2D eigenvalue weighted by Gasteiger charge is -2.25. The summed E-state index contributed by atoms with van der Waals surface area (Å²) < 4.78 is 40.7. The first-order valence-corrected chi connectivity index (χ1v) is 9.38. The molecule has 27 heavy (non-hydrogen) atoms. The molecule has 1 aromatic rings. The van der Waals surface area contributed by atoms with E-state index in [1.807, 2.05) is 0 Å². The van der Waals surface area contributed by atoms with Gasteiger partial charge in [-0.15, -0.1) is 13.2 Å². The number of carbonyl (C=O) groups excluding carboxylic acids is 1. The number of ether oxygens (including phenoxy) is 1. The molecule has 1 aliphatic carbocycles. The van der Waals surface area contributed by atoms with Crippen LogP contribution in [0.1, 0.15) is 37.6 Å². The summed E-state index contributed by atoms with van der Waals surface area (Å²) in [6.45, 7) is 10.6. The molecule has 2 fully saturated rings. The van der Waals surface area contributed by atoms with E-state index >= 15 is 0 Å². The normalized spacial score (nSPS) is 25.2. The average molecular weight is 384 g/mol. The molecule has 0 aromatic heterocycles. The number of rotatable bonds is 6. The SMILES string of the molecule is CC(C)(C)CCN1CC2C(CNC(=O)c3cccc(OC(F)(F)F)c3)C2C1. The van der Waals surface area contributed by atoms with Crippen LogP contribution in [-0.2, 0) is 0 Å². The molecule has 7 heteroatoms. The van der Waals surface area contributed by atoms with Crippen LogP contribution in [-0.4, -0.2) is 43.3 Å². The fraction of sp³-hybridized carbons (Fsp3) is 0.650. The molecule has 1 saturated heterocycles. The second-order valence-electron chi connectivity index (χ2n) is 8.85. The van der Waals surface area contributed by atoms with Crippen molar-refractivity contribution in [2.24, 2.45) is 23.2 Å². The number of benzene rings is 1. The topological polar surface area (TPSA) is 41.6 Å². The summed E-state index contributed by atoms with van der Waals surface area (Å²) in [5.74, 6) is 0.995. The van der Waals surface area contributed by atoms with E-state index in [9.17, 15) is 18.0 Å². The van der Waals surface area contributed by atoms with Crippen molar-refractivity contribution < 1.29 is 22.7 Å². The number of hydrogen-bond acceptors (Lipinski definition) is 3. The van der Waals surface area contributed by atoms with Gasteiger partial charge < -0.3 is 15.0 Å². The van der Waals surface area contributed by atoms with E-state index in [-0.39, 0.29) is 17.2 Å². The third kappa shape index (κ3) is 5.61. The number of halogens is 3. The first kappa shape index (κ1) is 20.0. The maximum absolute atomic E-state index is 12.3. The minimum atomic E-state index is -4.76. The summed E-state index contributed by atoms with van der Waals surface area (Å²) in [4.78, 5) is 14.7. The maximum atomic E-state index is 12.3. The predicted octanol–water partition coefficient (Wildman–Crippen LogP) is 3.93. The van der Waals surface area contributed by atoms with Crippen LogP contribution in [0.25, 0.3) is 0 Å². The molecule has 1 aromatic carbocycles. The molecule has 3 rings (SSSR count). The zero-order valence-corrected chi connectivity index (χ0v) is 16.0. The number of nitrogens with one attached hydrogen (secondary N) is 1. The number of fused-ring (bicyclic) bond motifs is 1. The summed E-state index contributed by atoms with van der Waals surface area (Å²) in [6, 6.07) is 5.17. The number of alkyl halides is 3. The highest BCUT2D eigenvalue weighted by Gasteiger charge is 2.55. The van der Waals surface area contributed by atoms with Crippen LogP contribution in [0.3, 0.4) is 0 Å². The second-order valence-corrected chi connectivity index (χ2v) is 8.85. The van der Waals surface area contributed by atoms with E-state index in [2.05, 4.69) is 35.7 Å². The third-order valence-corrected chi connectivity index (χ3v) is 5.45. The fourth-order valence-corrected chi connectivity index (χ4v) is 3.86. The smallest absolute Gasteiger partial charge is 0.406 e. The van der Waals surface area contributed by atoms with E-state index < -0.39 is 6.36 Å². The molecule has 1 saturated carbocycles. The standard InChI is InChI=1S/C20H27F3N2O2/c1-19(2,3)7-8-25-11-16-15(17(16)12-25)10-24-18(26)13-5-4-6-14(9-13)27-20(21,22)23/h4-6,9,15-17H,7-8,10-12H2,1-3H3,(H,24,26). The Bertz CT molecular complexity index is 673. The van der Waals surface area contributed by atoms with Crippen LogP contribution in [0.4, 0.5) is 13.2 Å². The minimum absolute atomic E-state index is 0.175.